The van der Waals surface area contributed by atoms with Crippen molar-refractivity contribution in [3.8, 4) is 0 Å². The molecule has 1 aliphatic heterocycles. The minimum absolute atomic E-state index is 0.0458. The lowest BCUT2D eigenvalue weighted by molar-refractivity contribution is 0.0157. The van der Waals surface area contributed by atoms with Crippen LogP contribution in [-0.2, 0) is 4.74 Å². The average molecular weight is 296 g/mol. The van der Waals surface area contributed by atoms with Crippen LogP contribution in [0.5, 0.6) is 0 Å². The van der Waals surface area contributed by atoms with Crippen molar-refractivity contribution in [3.05, 3.63) is 29.6 Å². The van der Waals surface area contributed by atoms with Crippen molar-refractivity contribution in [1.82, 2.24) is 5.32 Å². The molecule has 114 valence electrons. The Morgan fingerprint density at radius 1 is 1.43 bits per heavy atom. The van der Waals surface area contributed by atoms with Crippen LogP contribution >= 0.6 is 0 Å². The highest BCUT2D eigenvalue weighted by atomic mass is 19.1. The van der Waals surface area contributed by atoms with Gasteiger partial charge in [0.25, 0.3) is 0 Å². The first-order valence-corrected chi connectivity index (χ1v) is 6.68. The van der Waals surface area contributed by atoms with Gasteiger partial charge in [0.05, 0.1) is 11.8 Å². The molecule has 0 saturated carbocycles. The van der Waals surface area contributed by atoms with Crippen LogP contribution < -0.4 is 10.6 Å². The summed E-state index contributed by atoms with van der Waals surface area (Å²) in [6, 6.07) is 3.12. The third-order valence-corrected chi connectivity index (χ3v) is 3.30. The number of hydrogen-bond donors (Lipinski definition) is 3. The SMILES string of the molecule is CC1CC(NC(=O)Nc2cccc(F)c2C(=O)O)CCO1. The van der Waals surface area contributed by atoms with Gasteiger partial charge < -0.3 is 20.5 Å². The molecule has 1 aromatic rings. The summed E-state index contributed by atoms with van der Waals surface area (Å²) in [6.45, 7) is 2.48. The van der Waals surface area contributed by atoms with Crippen molar-refractivity contribution >= 4 is 17.7 Å². The fourth-order valence-electron chi connectivity index (χ4n) is 2.32. The summed E-state index contributed by atoms with van der Waals surface area (Å²) in [6.07, 6.45) is 1.43. The zero-order valence-corrected chi connectivity index (χ0v) is 11.6. The van der Waals surface area contributed by atoms with Crippen LogP contribution in [0.4, 0.5) is 14.9 Å². The van der Waals surface area contributed by atoms with Crippen LogP contribution in [0.1, 0.15) is 30.1 Å². The summed E-state index contributed by atoms with van der Waals surface area (Å²) in [5.74, 6) is -2.32. The molecule has 2 atom stereocenters. The molecule has 0 bridgehead atoms. The van der Waals surface area contributed by atoms with Crippen molar-refractivity contribution in [1.29, 1.82) is 0 Å². The number of carbonyl (C=O) groups is 2. The molecular weight excluding hydrogens is 279 g/mol. The molecule has 1 fully saturated rings. The molecule has 2 amide bonds. The van der Waals surface area contributed by atoms with Crippen molar-refractivity contribution in [3.63, 3.8) is 0 Å². The lowest BCUT2D eigenvalue weighted by Gasteiger charge is -2.28. The number of anilines is 1. The van der Waals surface area contributed by atoms with Gasteiger partial charge in [-0.05, 0) is 31.9 Å². The van der Waals surface area contributed by atoms with Crippen LogP contribution in [0.2, 0.25) is 0 Å². The number of urea groups is 1. The third-order valence-electron chi connectivity index (χ3n) is 3.30. The van der Waals surface area contributed by atoms with Gasteiger partial charge in [-0.15, -0.1) is 0 Å². The number of carbonyl (C=O) groups excluding carboxylic acids is 1. The smallest absolute Gasteiger partial charge is 0.340 e. The van der Waals surface area contributed by atoms with E-state index in [1.54, 1.807) is 0 Å². The average Bonchev–Trinajstić information content (AvgIpc) is 2.37. The fourth-order valence-corrected chi connectivity index (χ4v) is 2.32. The lowest BCUT2D eigenvalue weighted by atomic mass is 10.0. The first kappa shape index (κ1) is 15.2. The molecule has 21 heavy (non-hydrogen) atoms. The number of ether oxygens (including phenoxy) is 1. The van der Waals surface area contributed by atoms with Gasteiger partial charge in [-0.1, -0.05) is 6.07 Å². The third kappa shape index (κ3) is 3.91. The Hall–Kier alpha value is -2.15. The second-order valence-electron chi connectivity index (χ2n) is 4.97. The maximum absolute atomic E-state index is 13.5. The molecule has 0 spiro atoms. The number of benzene rings is 1. The van der Waals surface area contributed by atoms with Gasteiger partial charge >= 0.3 is 12.0 Å². The maximum Gasteiger partial charge on any atom is 0.340 e. The van der Waals surface area contributed by atoms with Gasteiger partial charge in [0.15, 0.2) is 0 Å². The monoisotopic (exact) mass is 296 g/mol. The Balaban J connectivity index is 2.03. The maximum atomic E-state index is 13.5. The highest BCUT2D eigenvalue weighted by Gasteiger charge is 2.22. The van der Waals surface area contributed by atoms with Crippen molar-refractivity contribution < 1.29 is 23.8 Å². The van der Waals surface area contributed by atoms with Crippen LogP contribution in [0.3, 0.4) is 0 Å². The molecule has 3 N–H and O–H groups in total. The van der Waals surface area contributed by atoms with Crippen LogP contribution in [-0.4, -0.2) is 35.9 Å². The van der Waals surface area contributed by atoms with E-state index < -0.39 is 23.4 Å². The van der Waals surface area contributed by atoms with E-state index in [-0.39, 0.29) is 17.8 Å². The molecule has 0 aliphatic carbocycles. The van der Waals surface area contributed by atoms with E-state index in [1.807, 2.05) is 6.92 Å². The minimum atomic E-state index is -1.43. The minimum Gasteiger partial charge on any atom is -0.478 e. The van der Waals surface area contributed by atoms with Gasteiger partial charge in [0, 0.05) is 12.6 Å². The van der Waals surface area contributed by atoms with Crippen molar-refractivity contribution in [2.24, 2.45) is 0 Å². The van der Waals surface area contributed by atoms with Crippen molar-refractivity contribution in [2.45, 2.75) is 31.9 Å². The Morgan fingerprint density at radius 3 is 2.86 bits per heavy atom. The molecule has 7 heteroatoms. The van der Waals surface area contributed by atoms with Crippen LogP contribution in [0, 0.1) is 5.82 Å². The lowest BCUT2D eigenvalue weighted by Crippen LogP contribution is -2.43. The largest absolute Gasteiger partial charge is 0.478 e. The zero-order chi connectivity index (χ0) is 15.4. The summed E-state index contributed by atoms with van der Waals surface area (Å²) >= 11 is 0. The number of carboxylic acid groups (broad SMARTS) is 1. The van der Waals surface area contributed by atoms with Crippen molar-refractivity contribution in [2.75, 3.05) is 11.9 Å². The Labute approximate surface area is 121 Å². The topological polar surface area (TPSA) is 87.7 Å². The molecule has 6 nitrogen and oxygen atoms in total. The van der Waals surface area contributed by atoms with E-state index in [2.05, 4.69) is 10.6 Å². The number of hydrogen-bond acceptors (Lipinski definition) is 3. The molecule has 2 unspecified atom stereocenters. The van der Waals surface area contributed by atoms with E-state index in [4.69, 9.17) is 9.84 Å². The summed E-state index contributed by atoms with van der Waals surface area (Å²) in [5.41, 5.74) is -0.617. The highest BCUT2D eigenvalue weighted by molar-refractivity contribution is 6.00. The second-order valence-corrected chi connectivity index (χ2v) is 4.97. The predicted molar refractivity (Wildman–Crippen MR) is 73.9 cm³/mol. The molecule has 0 radical (unpaired) electrons. The van der Waals surface area contributed by atoms with Gasteiger partial charge in [-0.3, -0.25) is 0 Å². The number of halogens is 1. The highest BCUT2D eigenvalue weighted by Crippen LogP contribution is 2.19. The van der Waals surface area contributed by atoms with Gasteiger partial charge in [-0.25, -0.2) is 14.0 Å². The number of nitrogens with one attached hydrogen (secondary N) is 2. The van der Waals surface area contributed by atoms with E-state index in [0.29, 0.717) is 19.4 Å². The van der Waals surface area contributed by atoms with E-state index in [0.717, 1.165) is 6.07 Å². The first-order valence-electron chi connectivity index (χ1n) is 6.68. The molecule has 0 aromatic heterocycles. The van der Waals surface area contributed by atoms with Crippen LogP contribution in [0.25, 0.3) is 0 Å². The van der Waals surface area contributed by atoms with E-state index in [1.165, 1.54) is 12.1 Å². The molecular formula is C14H17FN2O4. The first-order chi connectivity index (χ1) is 9.97. The zero-order valence-electron chi connectivity index (χ0n) is 11.6. The Morgan fingerprint density at radius 2 is 2.19 bits per heavy atom. The molecule has 1 heterocycles. The molecule has 1 saturated heterocycles. The normalized spacial score (nSPS) is 21.6. The van der Waals surface area contributed by atoms with E-state index >= 15 is 0 Å². The number of amides is 2. The van der Waals surface area contributed by atoms with E-state index in [9.17, 15) is 14.0 Å². The number of rotatable bonds is 3. The Kier molecular flexibility index (Phi) is 4.74. The molecule has 1 aliphatic rings. The number of carboxylic acids is 1. The van der Waals surface area contributed by atoms with Gasteiger partial charge in [-0.2, -0.15) is 0 Å². The van der Waals surface area contributed by atoms with Crippen LogP contribution in [0.15, 0.2) is 18.2 Å². The standard InChI is InChI=1S/C14H17FN2O4/c1-8-7-9(5-6-21-8)16-14(20)17-11-4-2-3-10(15)12(11)13(18)19/h2-4,8-9H,5-7H2,1H3,(H,18,19)(H2,16,17,20). The fraction of sp³-hybridized carbons (Fsp3) is 0.429. The summed E-state index contributed by atoms with van der Waals surface area (Å²) in [7, 11) is 0. The predicted octanol–water partition coefficient (Wildman–Crippen LogP) is 2.21. The summed E-state index contributed by atoms with van der Waals surface area (Å²) in [4.78, 5) is 22.9. The summed E-state index contributed by atoms with van der Waals surface area (Å²) < 4.78 is 18.9. The number of aromatic carboxylic acids is 1. The molecule has 1 aromatic carbocycles. The van der Waals surface area contributed by atoms with Gasteiger partial charge in [0.2, 0.25) is 0 Å². The summed E-state index contributed by atoms with van der Waals surface area (Å²) in [5, 5.41) is 14.1. The molecule has 2 rings (SSSR count). The Bertz CT molecular complexity index is 550. The van der Waals surface area contributed by atoms with Gasteiger partial charge in [0.1, 0.15) is 11.4 Å². The quantitative estimate of drug-likeness (QED) is 0.798. The second kappa shape index (κ2) is 6.53.